The van der Waals surface area contributed by atoms with E-state index in [1.54, 1.807) is 19.2 Å². The van der Waals surface area contributed by atoms with E-state index in [2.05, 4.69) is 18.3 Å². The quantitative estimate of drug-likeness (QED) is 0.249. The van der Waals surface area contributed by atoms with Gasteiger partial charge in [0.05, 0.1) is 12.1 Å². The molecule has 0 saturated heterocycles. The Bertz CT molecular complexity index is 1390. The van der Waals surface area contributed by atoms with E-state index < -0.39 is 0 Å². The van der Waals surface area contributed by atoms with Gasteiger partial charge < -0.3 is 20.1 Å². The maximum absolute atomic E-state index is 14.1. The van der Waals surface area contributed by atoms with Crippen molar-refractivity contribution in [3.63, 3.8) is 0 Å². The largest absolute Gasteiger partial charge is 0.508 e. The number of carbonyl (C=O) groups excluding carboxylic acids is 1. The Balaban J connectivity index is 0.00000112. The molecule has 1 aromatic heterocycles. The van der Waals surface area contributed by atoms with Gasteiger partial charge >= 0.3 is 0 Å². The zero-order valence-electron chi connectivity index (χ0n) is 23.0. The molecule has 0 unspecified atom stereocenters. The second kappa shape index (κ2) is 13.3. The summed E-state index contributed by atoms with van der Waals surface area (Å²) in [5, 5.41) is 13.9. The Morgan fingerprint density at radius 3 is 2.31 bits per heavy atom. The first kappa shape index (κ1) is 28.9. The highest BCUT2D eigenvalue weighted by molar-refractivity contribution is 7.21. The summed E-state index contributed by atoms with van der Waals surface area (Å²) in [6.45, 7) is 2.73. The maximum Gasteiger partial charge on any atom is 0.266 e. The van der Waals surface area contributed by atoms with Crippen LogP contribution in [-0.2, 0) is 6.54 Å². The highest BCUT2D eigenvalue weighted by Gasteiger charge is 2.31. The van der Waals surface area contributed by atoms with E-state index in [4.69, 9.17) is 16.3 Å². The van der Waals surface area contributed by atoms with Crippen LogP contribution in [0.2, 0.25) is 5.02 Å². The van der Waals surface area contributed by atoms with Gasteiger partial charge in [0.15, 0.2) is 0 Å². The van der Waals surface area contributed by atoms with Crippen molar-refractivity contribution in [3.05, 3.63) is 82.2 Å². The Morgan fingerprint density at radius 1 is 1.03 bits per heavy atom. The number of amides is 1. The molecule has 1 heterocycles. The summed E-state index contributed by atoms with van der Waals surface area (Å²) >= 11 is 8.22. The molecule has 4 aromatic rings. The lowest BCUT2D eigenvalue weighted by atomic mass is 9.86. The molecule has 3 aromatic carbocycles. The van der Waals surface area contributed by atoms with Crippen LogP contribution < -0.4 is 10.1 Å². The van der Waals surface area contributed by atoms with E-state index in [1.165, 1.54) is 11.3 Å². The van der Waals surface area contributed by atoms with Gasteiger partial charge in [0.1, 0.15) is 16.4 Å². The normalized spacial score (nSPS) is 16.8. The minimum absolute atomic E-state index is 0.0159. The molecule has 2 N–H and O–H groups in total. The second-order valence-corrected chi connectivity index (χ2v) is 11.6. The molecule has 0 spiro atoms. The van der Waals surface area contributed by atoms with Gasteiger partial charge in [-0.25, -0.2) is 0 Å². The number of ether oxygens (including phenoxy) is 1. The molecule has 1 amide bonds. The van der Waals surface area contributed by atoms with Crippen molar-refractivity contribution in [1.29, 1.82) is 0 Å². The van der Waals surface area contributed by atoms with E-state index in [-0.39, 0.29) is 17.7 Å². The van der Waals surface area contributed by atoms with E-state index in [1.807, 2.05) is 67.5 Å². The number of hydrogen-bond donors (Lipinski definition) is 2. The van der Waals surface area contributed by atoms with Crippen molar-refractivity contribution < 1.29 is 14.6 Å². The van der Waals surface area contributed by atoms with Gasteiger partial charge in [-0.1, -0.05) is 54.9 Å². The summed E-state index contributed by atoms with van der Waals surface area (Å²) in [7, 11) is 5.41. The summed E-state index contributed by atoms with van der Waals surface area (Å²) in [5.41, 5.74) is 2.95. The molecule has 0 aliphatic heterocycles. The molecule has 5 nitrogen and oxygen atoms in total. The number of phenols is 1. The third kappa shape index (κ3) is 6.75. The average molecular weight is 565 g/mol. The number of carbonyl (C=O) groups is 1. The summed E-state index contributed by atoms with van der Waals surface area (Å²) < 4.78 is 6.74. The molecule has 39 heavy (non-hydrogen) atoms. The third-order valence-corrected chi connectivity index (χ3v) is 8.90. The zero-order chi connectivity index (χ0) is 27.9. The molecule has 206 valence electrons. The van der Waals surface area contributed by atoms with Gasteiger partial charge in [0, 0.05) is 28.2 Å². The summed E-state index contributed by atoms with van der Waals surface area (Å²) in [6, 6.07) is 21.3. The van der Waals surface area contributed by atoms with Gasteiger partial charge in [-0.15, -0.1) is 11.3 Å². The summed E-state index contributed by atoms with van der Waals surface area (Å²) in [6.07, 6.45) is 4.18. The van der Waals surface area contributed by atoms with Crippen molar-refractivity contribution in [3.8, 4) is 22.6 Å². The lowest BCUT2D eigenvalue weighted by Gasteiger charge is -2.36. The zero-order valence-corrected chi connectivity index (χ0v) is 24.6. The van der Waals surface area contributed by atoms with Gasteiger partial charge in [0.25, 0.3) is 5.91 Å². The number of rotatable bonds is 6. The van der Waals surface area contributed by atoms with Crippen molar-refractivity contribution in [2.75, 3.05) is 21.2 Å². The number of hydrogen-bond acceptors (Lipinski definition) is 5. The fraction of sp³-hybridized carbons (Fsp3) is 0.344. The van der Waals surface area contributed by atoms with Crippen LogP contribution >= 0.6 is 22.9 Å². The van der Waals surface area contributed by atoms with Crippen LogP contribution in [0, 0.1) is 5.92 Å². The number of nitrogens with one attached hydrogen (secondary N) is 1. The first-order valence-corrected chi connectivity index (χ1v) is 14.6. The first-order valence-electron chi connectivity index (χ1n) is 13.4. The number of methoxy groups -OCH3 is 1. The first-order chi connectivity index (χ1) is 18.9. The Hall–Kier alpha value is -3.06. The van der Waals surface area contributed by atoms with E-state index in [9.17, 15) is 9.90 Å². The standard InChI is InChI=1S/C30H30ClNO3S.C2H7N/c1-19-7-12-23(13-8-19)32(30(34)29-28(31)25-5-3-4-6-27(25)36-29)18-22-17-21(11-16-26(22)35-2)20-9-14-24(33)15-10-20;1-3-2/h3-6,9-11,14-17,19,23,33H,7-8,12-13,18H2,1-2H3;3H,1-2H3. The average Bonchev–Trinajstić information content (AvgIpc) is 3.29. The number of fused-ring (bicyclic) bond motifs is 1. The van der Waals surface area contributed by atoms with E-state index in [0.29, 0.717) is 22.4 Å². The van der Waals surface area contributed by atoms with Crippen LogP contribution in [0.1, 0.15) is 47.8 Å². The van der Waals surface area contributed by atoms with Crippen LogP contribution in [0.3, 0.4) is 0 Å². The van der Waals surface area contributed by atoms with Gasteiger partial charge in [-0.3, -0.25) is 4.79 Å². The smallest absolute Gasteiger partial charge is 0.266 e. The fourth-order valence-corrected chi connectivity index (χ4v) is 6.59. The molecular formula is C32H37ClN2O3S. The molecule has 0 bridgehead atoms. The second-order valence-electron chi connectivity index (χ2n) is 10.2. The number of aromatic hydroxyl groups is 1. The number of thiophene rings is 1. The van der Waals surface area contributed by atoms with Crippen LogP contribution in [0.5, 0.6) is 11.5 Å². The monoisotopic (exact) mass is 564 g/mol. The number of benzene rings is 3. The van der Waals surface area contributed by atoms with Crippen molar-refractivity contribution in [1.82, 2.24) is 10.2 Å². The summed E-state index contributed by atoms with van der Waals surface area (Å²) in [5.74, 6) is 1.65. The lowest BCUT2D eigenvalue weighted by molar-refractivity contribution is 0.0597. The minimum Gasteiger partial charge on any atom is -0.508 e. The van der Waals surface area contributed by atoms with Crippen LogP contribution in [0.15, 0.2) is 66.7 Å². The molecule has 1 aliphatic carbocycles. The Kier molecular flexibility index (Phi) is 9.89. The van der Waals surface area contributed by atoms with Crippen molar-refractivity contribution in [2.24, 2.45) is 5.92 Å². The van der Waals surface area contributed by atoms with E-state index >= 15 is 0 Å². The number of phenolic OH excluding ortho intramolecular Hbond substituents is 1. The van der Waals surface area contributed by atoms with Crippen molar-refractivity contribution in [2.45, 2.75) is 45.2 Å². The summed E-state index contributed by atoms with van der Waals surface area (Å²) in [4.78, 5) is 16.7. The van der Waals surface area contributed by atoms with Crippen LogP contribution in [0.4, 0.5) is 0 Å². The van der Waals surface area contributed by atoms with Gasteiger partial charge in [-0.05, 0) is 87.2 Å². The van der Waals surface area contributed by atoms with Gasteiger partial charge in [0.2, 0.25) is 0 Å². The fourth-order valence-electron chi connectivity index (χ4n) is 5.12. The van der Waals surface area contributed by atoms with Crippen molar-refractivity contribution >= 4 is 38.9 Å². The third-order valence-electron chi connectivity index (χ3n) is 7.24. The number of halogens is 1. The molecule has 7 heteroatoms. The Labute approximate surface area is 240 Å². The highest BCUT2D eigenvalue weighted by Crippen LogP contribution is 2.39. The lowest BCUT2D eigenvalue weighted by Crippen LogP contribution is -2.41. The predicted octanol–water partition coefficient (Wildman–Crippen LogP) is 7.99. The van der Waals surface area contributed by atoms with Crippen LogP contribution in [0.25, 0.3) is 21.2 Å². The maximum atomic E-state index is 14.1. The number of nitrogens with zero attached hydrogens (tertiary/aromatic N) is 1. The topological polar surface area (TPSA) is 61.8 Å². The van der Waals surface area contributed by atoms with E-state index in [0.717, 1.165) is 58.2 Å². The Morgan fingerprint density at radius 2 is 1.67 bits per heavy atom. The highest BCUT2D eigenvalue weighted by atomic mass is 35.5. The predicted molar refractivity (Wildman–Crippen MR) is 163 cm³/mol. The minimum atomic E-state index is -0.0159. The molecule has 0 atom stereocenters. The SMILES string of the molecule is CNC.COc1ccc(-c2ccc(O)cc2)cc1CN(C(=O)c1sc2ccccc2c1Cl)C1CCC(C)CC1. The van der Waals surface area contributed by atoms with Crippen LogP contribution in [-0.4, -0.2) is 43.2 Å². The molecule has 5 rings (SSSR count). The molecule has 1 saturated carbocycles. The van der Waals surface area contributed by atoms with Gasteiger partial charge in [-0.2, -0.15) is 0 Å². The molecule has 0 radical (unpaired) electrons. The molecule has 1 aliphatic rings. The molecular weight excluding hydrogens is 528 g/mol. The molecule has 1 fully saturated rings.